The number of ether oxygens (including phenoxy) is 1. The van der Waals surface area contributed by atoms with Crippen molar-refractivity contribution in [1.29, 1.82) is 0 Å². The van der Waals surface area contributed by atoms with Crippen LogP contribution in [0.3, 0.4) is 0 Å². The number of benzene rings is 9. The number of hydrogen-bond donors (Lipinski definition) is 2. The molecule has 2 aliphatic carbocycles. The van der Waals surface area contributed by atoms with Gasteiger partial charge in [0.15, 0.2) is 0 Å². The van der Waals surface area contributed by atoms with E-state index in [1.807, 2.05) is 152 Å². The molecule has 2 N–H and O–H groups in total. The monoisotopic (exact) mass is 1000 g/mol. The largest absolute Gasteiger partial charge is 0.457 e. The summed E-state index contributed by atoms with van der Waals surface area (Å²) in [7, 11) is 0. The first-order chi connectivity index (χ1) is 43.3. The maximum atomic E-state index is 10.4. The summed E-state index contributed by atoms with van der Waals surface area (Å²) >= 11 is 0. The van der Waals surface area contributed by atoms with Crippen LogP contribution in [0.1, 0.15) is 99.6 Å². The van der Waals surface area contributed by atoms with Gasteiger partial charge in [-0.3, -0.25) is 4.57 Å². The Labute approximate surface area is 469 Å². The average molecular weight is 1000 g/mol. The summed E-state index contributed by atoms with van der Waals surface area (Å²) in [4.78, 5) is 4.85. The molecule has 1 unspecified atom stereocenters. The summed E-state index contributed by atoms with van der Waals surface area (Å²) in [6.07, 6.45) is -6.15. The number of para-hydroxylation sites is 3. The lowest BCUT2D eigenvalue weighted by molar-refractivity contribution is 0.332. The van der Waals surface area contributed by atoms with Crippen LogP contribution >= 0.6 is 0 Å². The first-order valence-corrected chi connectivity index (χ1v) is 25.4. The molecular formula is C71H62N4O. The summed E-state index contributed by atoms with van der Waals surface area (Å²) in [5.41, 5.74) is 0.582. The molecule has 76 heavy (non-hydrogen) atoms. The SMILES string of the molecule is [2H]c1c([2H])c2c(c([2H])c1-c1ccc3c(c1Nc1ccccc1Nc1cccc(Oc4ccc5c6ccccc6n(-c6cc(C(C)(C)C)ccn6)c5c4)c1)-c1ccccc1-c1ccccc1-c1ccccc1-3)C(C([2H])([2H])[2H])(C([2H])([2H])[2H])C([2H])([2H])C([2H])([2H])C2(C)C([2H])([2H])[2H]. The molecule has 9 aromatic carbocycles. The van der Waals surface area contributed by atoms with Gasteiger partial charge in [-0.1, -0.05) is 188 Å². The minimum absolute atomic E-state index is 0.0372. The quantitative estimate of drug-likeness (QED) is 0.159. The van der Waals surface area contributed by atoms with Crippen molar-refractivity contribution >= 4 is 44.6 Å². The van der Waals surface area contributed by atoms with Crippen molar-refractivity contribution in [2.24, 2.45) is 0 Å². The molecule has 0 radical (unpaired) electrons. The van der Waals surface area contributed by atoms with E-state index in [9.17, 15) is 9.60 Å². The molecule has 5 heteroatoms. The van der Waals surface area contributed by atoms with Gasteiger partial charge in [-0.25, -0.2) is 4.98 Å². The number of nitrogens with one attached hydrogen (secondary N) is 2. The van der Waals surface area contributed by atoms with Crippen LogP contribution in [0.2, 0.25) is 0 Å². The Hall–Kier alpha value is -8.67. The van der Waals surface area contributed by atoms with E-state index in [1.54, 1.807) is 24.3 Å². The lowest BCUT2D eigenvalue weighted by Gasteiger charge is -2.42. The molecule has 2 aliphatic rings. The van der Waals surface area contributed by atoms with Crippen LogP contribution in [0.15, 0.2) is 212 Å². The van der Waals surface area contributed by atoms with Crippen molar-refractivity contribution in [3.63, 3.8) is 0 Å². The van der Waals surface area contributed by atoms with E-state index in [0.29, 0.717) is 45.3 Å². The molecule has 0 saturated carbocycles. The van der Waals surface area contributed by atoms with Crippen molar-refractivity contribution in [2.45, 2.75) is 77.2 Å². The van der Waals surface area contributed by atoms with Crippen molar-refractivity contribution in [3.05, 3.63) is 229 Å². The maximum absolute atomic E-state index is 10.4. The Morgan fingerprint density at radius 3 is 1.88 bits per heavy atom. The third kappa shape index (κ3) is 8.13. The van der Waals surface area contributed by atoms with E-state index in [-0.39, 0.29) is 16.7 Å². The van der Waals surface area contributed by atoms with Crippen LogP contribution in [0.25, 0.3) is 83.3 Å². The molecule has 0 aliphatic heterocycles. The fourth-order valence-corrected chi connectivity index (χ4v) is 10.9. The van der Waals surface area contributed by atoms with Gasteiger partial charge in [0.2, 0.25) is 0 Å². The summed E-state index contributed by atoms with van der Waals surface area (Å²) < 4.78 is 158. The number of aromatic nitrogens is 2. The van der Waals surface area contributed by atoms with E-state index < -0.39 is 78.9 Å². The van der Waals surface area contributed by atoms with Crippen molar-refractivity contribution in [2.75, 3.05) is 10.6 Å². The third-order valence-electron chi connectivity index (χ3n) is 14.6. The highest BCUT2D eigenvalue weighted by atomic mass is 16.5. The van der Waals surface area contributed by atoms with E-state index >= 15 is 0 Å². The highest BCUT2D eigenvalue weighted by molar-refractivity contribution is 6.11. The summed E-state index contributed by atoms with van der Waals surface area (Å²) in [6, 6.07) is 56.7. The molecule has 5 nitrogen and oxygen atoms in total. The van der Waals surface area contributed by atoms with Crippen LogP contribution in [-0.2, 0) is 16.2 Å². The maximum Gasteiger partial charge on any atom is 0.137 e. The fourth-order valence-electron chi connectivity index (χ4n) is 10.9. The van der Waals surface area contributed by atoms with Crippen LogP contribution in [0.4, 0.5) is 22.7 Å². The highest BCUT2D eigenvalue weighted by Gasteiger charge is 2.37. The molecule has 13 rings (SSSR count). The molecule has 11 aromatic rings. The zero-order chi connectivity index (χ0) is 65.6. The van der Waals surface area contributed by atoms with Crippen LogP contribution in [0, 0.1) is 0 Å². The smallest absolute Gasteiger partial charge is 0.137 e. The number of anilines is 4. The molecule has 0 bridgehead atoms. The lowest BCUT2D eigenvalue weighted by Crippen LogP contribution is -2.33. The van der Waals surface area contributed by atoms with Crippen LogP contribution in [-0.4, -0.2) is 9.55 Å². The lowest BCUT2D eigenvalue weighted by atomic mass is 9.63. The number of fused-ring (bicyclic) bond motifs is 12. The van der Waals surface area contributed by atoms with Gasteiger partial charge in [0.25, 0.3) is 0 Å². The number of nitrogens with zero attached hydrogens (tertiary/aromatic N) is 2. The van der Waals surface area contributed by atoms with Crippen molar-refractivity contribution in [1.82, 2.24) is 9.55 Å². The molecule has 2 aromatic heterocycles. The minimum atomic E-state index is -4.11. The van der Waals surface area contributed by atoms with Gasteiger partial charge in [-0.05, 0) is 145 Å². The highest BCUT2D eigenvalue weighted by Crippen LogP contribution is 2.54. The van der Waals surface area contributed by atoms with E-state index in [1.165, 1.54) is 0 Å². The fraction of sp³-hybridized carbons (Fsp3) is 0.169. The van der Waals surface area contributed by atoms with Gasteiger partial charge in [0.1, 0.15) is 17.3 Å². The molecule has 0 spiro atoms. The molecule has 0 saturated heterocycles. The number of rotatable bonds is 8. The van der Waals surface area contributed by atoms with Crippen LogP contribution < -0.4 is 15.4 Å². The van der Waals surface area contributed by atoms with E-state index in [2.05, 4.69) is 54.2 Å². The van der Waals surface area contributed by atoms with E-state index in [4.69, 9.17) is 22.1 Å². The van der Waals surface area contributed by atoms with Gasteiger partial charge in [0, 0.05) is 63.7 Å². The molecule has 1 atom stereocenters. The van der Waals surface area contributed by atoms with Crippen LogP contribution in [0.5, 0.6) is 11.5 Å². The van der Waals surface area contributed by atoms with Crippen molar-refractivity contribution < 1.29 is 26.7 Å². The Balaban J connectivity index is 1.01. The minimum Gasteiger partial charge on any atom is -0.457 e. The normalized spacial score (nSPS) is 20.3. The van der Waals surface area contributed by atoms with Gasteiger partial charge >= 0.3 is 0 Å². The first-order valence-electron chi connectivity index (χ1n) is 33.4. The molecule has 0 amide bonds. The third-order valence-corrected chi connectivity index (χ3v) is 14.6. The van der Waals surface area contributed by atoms with Crippen molar-refractivity contribution in [3.8, 4) is 73.0 Å². The van der Waals surface area contributed by atoms with Gasteiger partial charge in [-0.2, -0.15) is 0 Å². The predicted molar refractivity (Wildman–Crippen MR) is 319 cm³/mol. The second-order valence-corrected chi connectivity index (χ2v) is 20.8. The Kier molecular flexibility index (Phi) is 7.73. The van der Waals surface area contributed by atoms with Gasteiger partial charge in [0.05, 0.1) is 32.2 Å². The molecule has 372 valence electrons. The van der Waals surface area contributed by atoms with E-state index in [0.717, 1.165) is 67.9 Å². The Morgan fingerprint density at radius 2 is 1.16 bits per heavy atom. The summed E-state index contributed by atoms with van der Waals surface area (Å²) in [5.74, 6) is 1.84. The second-order valence-electron chi connectivity index (χ2n) is 20.8. The second kappa shape index (κ2) is 18.0. The summed E-state index contributed by atoms with van der Waals surface area (Å²) in [6.45, 7) is -4.38. The topological polar surface area (TPSA) is 51.1 Å². The zero-order valence-electron chi connectivity index (χ0n) is 58.3. The number of hydrogen-bond acceptors (Lipinski definition) is 4. The van der Waals surface area contributed by atoms with Gasteiger partial charge < -0.3 is 15.4 Å². The standard InChI is InChI=1S/C71H62N4O/c1-69(2,3)46-37-40-72-66(42-46)75-64-30-17-14-26-56(64)57-33-32-49(44-65(57)75)76-48-20-18-19-47(43-48)73-62-28-15-16-29-63(62)74-68-50(45-31-36-60-61(41-45)71(6,7)39-38-70(60,4)5)34-35-59-55-25-11-10-23-53(55)51-21-8-9-22-52(51)54-24-12-13-27-58(54)67(59)68/h8-37,40-44,73-74H,38-39H2,1-7H3/i4D3,6D3,7D3,31D,36D,38D2,39D2,41D. The summed E-state index contributed by atoms with van der Waals surface area (Å²) in [5, 5.41) is 9.32. The Bertz CT molecular complexity index is 4810. The zero-order valence-corrected chi connectivity index (χ0v) is 42.3. The average Bonchev–Trinajstić information content (AvgIpc) is 0.717. The first kappa shape index (κ1) is 32.6. The number of pyridine rings is 1. The predicted octanol–water partition coefficient (Wildman–Crippen LogP) is 19.8. The molecule has 2 heterocycles. The van der Waals surface area contributed by atoms with Gasteiger partial charge in [-0.15, -0.1) is 0 Å². The Morgan fingerprint density at radius 1 is 0.553 bits per heavy atom. The molecular weight excluding hydrogens is 925 g/mol. The molecule has 0 fully saturated rings.